The number of nitrogens with one attached hydrogen (secondary N) is 1. The van der Waals surface area contributed by atoms with Gasteiger partial charge in [0.1, 0.15) is 0 Å². The zero-order valence-corrected chi connectivity index (χ0v) is 9.17. The predicted molar refractivity (Wildman–Crippen MR) is 55.6 cm³/mol. The zero-order valence-electron chi connectivity index (χ0n) is 9.17. The van der Waals surface area contributed by atoms with Crippen molar-refractivity contribution in [2.75, 3.05) is 0 Å². The molecule has 0 spiro atoms. The van der Waals surface area contributed by atoms with E-state index in [2.05, 4.69) is 12.2 Å². The van der Waals surface area contributed by atoms with Gasteiger partial charge in [-0.2, -0.15) is 0 Å². The Hall–Kier alpha value is -1.06. The van der Waals surface area contributed by atoms with Gasteiger partial charge in [0.15, 0.2) is 0 Å². The van der Waals surface area contributed by atoms with Gasteiger partial charge in [-0.05, 0) is 12.3 Å². The number of nitrogens with two attached hydrogens (primary N) is 1. The molecule has 0 aromatic carbocycles. The summed E-state index contributed by atoms with van der Waals surface area (Å²) in [6, 6.07) is -0.767. The van der Waals surface area contributed by atoms with Crippen molar-refractivity contribution in [1.82, 2.24) is 5.32 Å². The Kier molecular flexibility index (Phi) is 5.92. The molecule has 0 heterocycles. The van der Waals surface area contributed by atoms with E-state index in [9.17, 15) is 9.59 Å². The van der Waals surface area contributed by atoms with Crippen LogP contribution in [-0.4, -0.2) is 11.9 Å². The predicted octanol–water partition coefficient (Wildman–Crippen LogP) is 1.64. The van der Waals surface area contributed by atoms with Gasteiger partial charge < -0.3 is 5.73 Å². The topological polar surface area (TPSA) is 72.2 Å². The van der Waals surface area contributed by atoms with Gasteiger partial charge in [-0.3, -0.25) is 10.1 Å². The second-order valence-corrected chi connectivity index (χ2v) is 3.63. The minimum absolute atomic E-state index is 0.109. The number of hydrogen-bond acceptors (Lipinski definition) is 2. The monoisotopic (exact) mass is 200 g/mol. The SMILES string of the molecule is CCC[C@H](C)[C@H](CC)C(=O)NC(N)=O. The smallest absolute Gasteiger partial charge is 0.318 e. The molecular weight excluding hydrogens is 180 g/mol. The van der Waals surface area contributed by atoms with Gasteiger partial charge in [-0.15, -0.1) is 0 Å². The molecule has 14 heavy (non-hydrogen) atoms. The maximum absolute atomic E-state index is 11.5. The number of carbonyl (C=O) groups is 2. The van der Waals surface area contributed by atoms with Gasteiger partial charge in [-0.25, -0.2) is 4.79 Å². The maximum atomic E-state index is 11.5. The number of carbonyl (C=O) groups excluding carboxylic acids is 2. The summed E-state index contributed by atoms with van der Waals surface area (Å²) in [5, 5.41) is 2.13. The fourth-order valence-electron chi connectivity index (χ4n) is 1.72. The molecule has 0 fully saturated rings. The number of amides is 3. The highest BCUT2D eigenvalue weighted by Crippen LogP contribution is 2.20. The maximum Gasteiger partial charge on any atom is 0.318 e. The van der Waals surface area contributed by atoms with E-state index in [0.29, 0.717) is 5.92 Å². The first kappa shape index (κ1) is 12.9. The third-order valence-electron chi connectivity index (χ3n) is 2.45. The number of hydrogen-bond donors (Lipinski definition) is 2. The Balaban J connectivity index is 4.24. The Bertz CT molecular complexity index is 204. The molecule has 0 rings (SSSR count). The fourth-order valence-corrected chi connectivity index (χ4v) is 1.72. The lowest BCUT2D eigenvalue weighted by molar-refractivity contribution is -0.125. The van der Waals surface area contributed by atoms with Gasteiger partial charge in [0.25, 0.3) is 0 Å². The van der Waals surface area contributed by atoms with Crippen molar-refractivity contribution < 1.29 is 9.59 Å². The molecule has 4 nitrogen and oxygen atoms in total. The number of urea groups is 1. The van der Waals surface area contributed by atoms with Crippen molar-refractivity contribution in [2.45, 2.75) is 40.0 Å². The van der Waals surface area contributed by atoms with E-state index < -0.39 is 6.03 Å². The molecule has 3 amide bonds. The summed E-state index contributed by atoms with van der Waals surface area (Å²) >= 11 is 0. The zero-order chi connectivity index (χ0) is 11.1. The van der Waals surface area contributed by atoms with Crippen LogP contribution < -0.4 is 11.1 Å². The van der Waals surface area contributed by atoms with Gasteiger partial charge in [0.2, 0.25) is 5.91 Å². The first-order valence-electron chi connectivity index (χ1n) is 5.13. The summed E-state index contributed by atoms with van der Waals surface area (Å²) in [5.74, 6) is -0.0623. The molecule has 0 aliphatic carbocycles. The van der Waals surface area contributed by atoms with E-state index in [1.807, 2.05) is 13.8 Å². The van der Waals surface area contributed by atoms with E-state index in [-0.39, 0.29) is 11.8 Å². The summed E-state index contributed by atoms with van der Waals surface area (Å²) in [5.41, 5.74) is 4.89. The molecular formula is C10H20N2O2. The van der Waals surface area contributed by atoms with Crippen LogP contribution in [0, 0.1) is 11.8 Å². The van der Waals surface area contributed by atoms with Crippen LogP contribution in [0.1, 0.15) is 40.0 Å². The fraction of sp³-hybridized carbons (Fsp3) is 0.800. The Morgan fingerprint density at radius 1 is 1.36 bits per heavy atom. The number of primary amides is 1. The normalized spacial score (nSPS) is 14.5. The summed E-state index contributed by atoms with van der Waals surface area (Å²) in [7, 11) is 0. The van der Waals surface area contributed by atoms with Gasteiger partial charge in [0.05, 0.1) is 0 Å². The quantitative estimate of drug-likeness (QED) is 0.708. The second-order valence-electron chi connectivity index (χ2n) is 3.63. The molecule has 2 atom stereocenters. The van der Waals surface area contributed by atoms with Crippen LogP contribution in [0.15, 0.2) is 0 Å². The molecule has 82 valence electrons. The molecule has 0 bridgehead atoms. The molecule has 0 aliphatic rings. The third-order valence-corrected chi connectivity index (χ3v) is 2.45. The van der Waals surface area contributed by atoms with Crippen molar-refractivity contribution in [1.29, 1.82) is 0 Å². The van der Waals surface area contributed by atoms with Crippen LogP contribution in [0.4, 0.5) is 4.79 Å². The highest BCUT2D eigenvalue weighted by atomic mass is 16.2. The molecule has 0 aromatic rings. The summed E-state index contributed by atoms with van der Waals surface area (Å²) in [4.78, 5) is 22.0. The lowest BCUT2D eigenvalue weighted by Crippen LogP contribution is -2.40. The van der Waals surface area contributed by atoms with Gasteiger partial charge in [-0.1, -0.05) is 33.6 Å². The average Bonchev–Trinajstić information content (AvgIpc) is 2.04. The van der Waals surface area contributed by atoms with Crippen LogP contribution in [0.2, 0.25) is 0 Å². The van der Waals surface area contributed by atoms with Crippen molar-refractivity contribution in [3.63, 3.8) is 0 Å². The van der Waals surface area contributed by atoms with Crippen molar-refractivity contribution in [3.05, 3.63) is 0 Å². The van der Waals surface area contributed by atoms with E-state index in [4.69, 9.17) is 5.73 Å². The number of rotatable bonds is 5. The largest absolute Gasteiger partial charge is 0.351 e. The van der Waals surface area contributed by atoms with Crippen molar-refractivity contribution in [2.24, 2.45) is 17.6 Å². The van der Waals surface area contributed by atoms with Crippen molar-refractivity contribution in [3.8, 4) is 0 Å². The minimum atomic E-state index is -0.767. The molecule has 0 unspecified atom stereocenters. The Morgan fingerprint density at radius 2 is 1.93 bits per heavy atom. The summed E-state index contributed by atoms with van der Waals surface area (Å²) < 4.78 is 0. The lowest BCUT2D eigenvalue weighted by Gasteiger charge is -2.20. The number of imide groups is 1. The molecule has 0 radical (unpaired) electrons. The van der Waals surface area contributed by atoms with Crippen LogP contribution in [-0.2, 0) is 4.79 Å². The molecule has 0 saturated carbocycles. The minimum Gasteiger partial charge on any atom is -0.351 e. The molecule has 0 saturated heterocycles. The van der Waals surface area contributed by atoms with Crippen LogP contribution in [0.3, 0.4) is 0 Å². The first-order chi connectivity index (χ1) is 6.52. The van der Waals surface area contributed by atoms with Crippen LogP contribution in [0.5, 0.6) is 0 Å². The Morgan fingerprint density at radius 3 is 2.29 bits per heavy atom. The van der Waals surface area contributed by atoms with E-state index in [1.165, 1.54) is 0 Å². The summed E-state index contributed by atoms with van der Waals surface area (Å²) in [6.45, 7) is 6.05. The van der Waals surface area contributed by atoms with Crippen molar-refractivity contribution >= 4 is 11.9 Å². The molecule has 4 heteroatoms. The first-order valence-corrected chi connectivity index (χ1v) is 5.13. The van der Waals surface area contributed by atoms with Gasteiger partial charge in [0, 0.05) is 5.92 Å². The van der Waals surface area contributed by atoms with Crippen LogP contribution in [0.25, 0.3) is 0 Å². The highest BCUT2D eigenvalue weighted by Gasteiger charge is 2.23. The lowest BCUT2D eigenvalue weighted by atomic mass is 9.87. The summed E-state index contributed by atoms with van der Waals surface area (Å²) in [6.07, 6.45) is 2.77. The van der Waals surface area contributed by atoms with E-state index in [0.717, 1.165) is 19.3 Å². The molecule has 0 aromatic heterocycles. The average molecular weight is 200 g/mol. The van der Waals surface area contributed by atoms with Gasteiger partial charge >= 0.3 is 6.03 Å². The van der Waals surface area contributed by atoms with Crippen LogP contribution >= 0.6 is 0 Å². The Labute approximate surface area is 85.2 Å². The molecule has 0 aliphatic heterocycles. The van der Waals surface area contributed by atoms with E-state index >= 15 is 0 Å². The second kappa shape index (κ2) is 6.40. The van der Waals surface area contributed by atoms with E-state index in [1.54, 1.807) is 0 Å². The third kappa shape index (κ3) is 4.25. The standard InChI is InChI=1S/C10H20N2O2/c1-4-6-7(3)8(5-2)9(13)12-10(11)14/h7-8H,4-6H2,1-3H3,(H3,11,12,13,14)/t7-,8-/m0/s1. The molecule has 3 N–H and O–H groups in total. The highest BCUT2D eigenvalue weighted by molar-refractivity contribution is 5.94.